The highest BCUT2D eigenvalue weighted by atomic mass is 127. The van der Waals surface area contributed by atoms with E-state index in [1.165, 1.54) is 12.1 Å². The minimum Gasteiger partial charge on any atom is -0.293 e. The maximum atomic E-state index is 12.0. The molecule has 1 atom stereocenters. The number of hydrogen-bond acceptors (Lipinski definition) is 3. The predicted molar refractivity (Wildman–Crippen MR) is 74.8 cm³/mol. The summed E-state index contributed by atoms with van der Waals surface area (Å²) in [6.07, 6.45) is 2.86. The number of carbonyl (C=O) groups is 1. The Kier molecular flexibility index (Phi) is 5.54. The van der Waals surface area contributed by atoms with E-state index >= 15 is 0 Å². The van der Waals surface area contributed by atoms with Gasteiger partial charge in [0.1, 0.15) is 0 Å². The normalized spacial score (nSPS) is 12.1. The lowest BCUT2D eigenvalue weighted by atomic mass is 10.0. The van der Waals surface area contributed by atoms with Gasteiger partial charge in [-0.2, -0.15) is 0 Å². The quantitative estimate of drug-likeness (QED) is 0.259. The van der Waals surface area contributed by atoms with E-state index < -0.39 is 4.92 Å². The molecule has 0 aliphatic heterocycles. The first-order chi connectivity index (χ1) is 8.06. The number of hydrogen-bond donors (Lipinski definition) is 0. The van der Waals surface area contributed by atoms with Crippen LogP contribution in [0.15, 0.2) is 24.3 Å². The standard InChI is InChI=1S/C12H14INO3/c1-2-3-7-11(13)12(15)9-5-4-6-10(8-9)14(16)17/h4-6,8,11H,2-3,7H2,1H3. The number of ketones is 1. The molecule has 0 saturated carbocycles. The number of benzene rings is 1. The van der Waals surface area contributed by atoms with E-state index in [2.05, 4.69) is 29.5 Å². The monoisotopic (exact) mass is 347 g/mol. The van der Waals surface area contributed by atoms with E-state index in [-0.39, 0.29) is 15.4 Å². The summed E-state index contributed by atoms with van der Waals surface area (Å²) in [7, 11) is 0. The Morgan fingerprint density at radius 1 is 1.53 bits per heavy atom. The molecule has 1 aromatic carbocycles. The van der Waals surface area contributed by atoms with E-state index in [1.54, 1.807) is 12.1 Å². The van der Waals surface area contributed by atoms with Crippen molar-refractivity contribution in [2.45, 2.75) is 30.1 Å². The molecule has 5 heteroatoms. The molecule has 0 spiro atoms. The number of nitro benzene ring substituents is 1. The zero-order valence-electron chi connectivity index (χ0n) is 9.56. The lowest BCUT2D eigenvalue weighted by molar-refractivity contribution is -0.384. The van der Waals surface area contributed by atoms with Crippen LogP contribution in [0.4, 0.5) is 5.69 Å². The largest absolute Gasteiger partial charge is 0.293 e. The number of non-ortho nitro benzene ring substituents is 1. The van der Waals surface area contributed by atoms with Crippen LogP contribution in [-0.2, 0) is 0 Å². The Hall–Kier alpha value is -0.980. The topological polar surface area (TPSA) is 60.2 Å². The maximum absolute atomic E-state index is 12.0. The van der Waals surface area contributed by atoms with Crippen molar-refractivity contribution in [2.75, 3.05) is 0 Å². The van der Waals surface area contributed by atoms with Gasteiger partial charge in [0.05, 0.1) is 8.85 Å². The molecule has 92 valence electrons. The lowest BCUT2D eigenvalue weighted by Crippen LogP contribution is -2.14. The number of unbranched alkanes of at least 4 members (excludes halogenated alkanes) is 1. The Bertz CT molecular complexity index is 420. The number of Topliss-reactive ketones (excluding diaryl/α,β-unsaturated/α-hetero) is 1. The molecule has 0 aromatic heterocycles. The highest BCUT2D eigenvalue weighted by molar-refractivity contribution is 14.1. The molecule has 1 rings (SSSR count). The molecule has 0 aliphatic carbocycles. The molecule has 17 heavy (non-hydrogen) atoms. The van der Waals surface area contributed by atoms with Gasteiger partial charge < -0.3 is 0 Å². The molecule has 0 fully saturated rings. The van der Waals surface area contributed by atoms with E-state index in [0.29, 0.717) is 5.56 Å². The van der Waals surface area contributed by atoms with Gasteiger partial charge in [0.2, 0.25) is 0 Å². The zero-order valence-corrected chi connectivity index (χ0v) is 11.7. The van der Waals surface area contributed by atoms with Crippen molar-refractivity contribution in [1.29, 1.82) is 0 Å². The predicted octanol–water partition coefficient (Wildman–Crippen LogP) is 3.77. The minimum absolute atomic E-state index is 0.0252. The second-order valence-corrected chi connectivity index (χ2v) is 5.29. The first-order valence-electron chi connectivity index (χ1n) is 5.49. The van der Waals surface area contributed by atoms with Crippen LogP contribution in [-0.4, -0.2) is 14.6 Å². The fourth-order valence-corrected chi connectivity index (χ4v) is 2.27. The molecule has 0 N–H and O–H groups in total. The fourth-order valence-electron chi connectivity index (χ4n) is 1.47. The van der Waals surface area contributed by atoms with Gasteiger partial charge in [0, 0.05) is 17.7 Å². The molecule has 1 aromatic rings. The van der Waals surface area contributed by atoms with Gasteiger partial charge in [-0.1, -0.05) is 54.5 Å². The molecule has 1 unspecified atom stereocenters. The number of carbonyl (C=O) groups excluding carboxylic acids is 1. The van der Waals surface area contributed by atoms with Crippen LogP contribution in [0.1, 0.15) is 36.5 Å². The summed E-state index contributed by atoms with van der Waals surface area (Å²) in [6, 6.07) is 5.92. The number of alkyl halides is 1. The fraction of sp³-hybridized carbons (Fsp3) is 0.417. The van der Waals surface area contributed by atoms with Crippen molar-refractivity contribution in [3.05, 3.63) is 39.9 Å². The Morgan fingerprint density at radius 3 is 2.82 bits per heavy atom. The van der Waals surface area contributed by atoms with Crippen LogP contribution in [0, 0.1) is 10.1 Å². The lowest BCUT2D eigenvalue weighted by Gasteiger charge is -2.07. The van der Waals surface area contributed by atoms with E-state index in [0.717, 1.165) is 19.3 Å². The molecule has 0 saturated heterocycles. The summed E-state index contributed by atoms with van der Waals surface area (Å²) >= 11 is 2.10. The molecule has 0 bridgehead atoms. The molecule has 0 amide bonds. The third kappa shape index (κ3) is 4.07. The van der Waals surface area contributed by atoms with Crippen LogP contribution in [0.3, 0.4) is 0 Å². The molecular weight excluding hydrogens is 333 g/mol. The SMILES string of the molecule is CCCCC(I)C(=O)c1cccc([N+](=O)[O-])c1. The second kappa shape index (κ2) is 6.68. The summed E-state index contributed by atoms with van der Waals surface area (Å²) in [6.45, 7) is 2.07. The summed E-state index contributed by atoms with van der Waals surface area (Å²) in [5.74, 6) is -0.0252. The Morgan fingerprint density at radius 2 is 2.24 bits per heavy atom. The molecular formula is C12H14INO3. The van der Waals surface area contributed by atoms with Crippen molar-refractivity contribution in [2.24, 2.45) is 0 Å². The molecule has 4 nitrogen and oxygen atoms in total. The third-order valence-electron chi connectivity index (χ3n) is 2.44. The summed E-state index contributed by atoms with van der Waals surface area (Å²) in [5, 5.41) is 10.6. The van der Waals surface area contributed by atoms with Crippen molar-refractivity contribution < 1.29 is 9.72 Å². The van der Waals surface area contributed by atoms with Gasteiger partial charge in [-0.05, 0) is 6.42 Å². The molecule has 0 aliphatic rings. The number of nitro groups is 1. The van der Waals surface area contributed by atoms with Crippen molar-refractivity contribution >= 4 is 34.1 Å². The summed E-state index contributed by atoms with van der Waals surface area (Å²) < 4.78 is -0.102. The highest BCUT2D eigenvalue weighted by Gasteiger charge is 2.18. The van der Waals surface area contributed by atoms with Gasteiger partial charge in [0.15, 0.2) is 5.78 Å². The van der Waals surface area contributed by atoms with Crippen LogP contribution < -0.4 is 0 Å². The average molecular weight is 347 g/mol. The summed E-state index contributed by atoms with van der Waals surface area (Å²) in [4.78, 5) is 22.1. The van der Waals surface area contributed by atoms with Crippen LogP contribution in [0.5, 0.6) is 0 Å². The van der Waals surface area contributed by atoms with Gasteiger partial charge >= 0.3 is 0 Å². The van der Waals surface area contributed by atoms with Gasteiger partial charge in [-0.25, -0.2) is 0 Å². The van der Waals surface area contributed by atoms with Gasteiger partial charge in [0.25, 0.3) is 5.69 Å². The van der Waals surface area contributed by atoms with Crippen LogP contribution in [0.25, 0.3) is 0 Å². The smallest absolute Gasteiger partial charge is 0.270 e. The van der Waals surface area contributed by atoms with Gasteiger partial charge in [-0.15, -0.1) is 0 Å². The zero-order chi connectivity index (χ0) is 12.8. The van der Waals surface area contributed by atoms with Crippen molar-refractivity contribution in [3.63, 3.8) is 0 Å². The second-order valence-electron chi connectivity index (χ2n) is 3.78. The minimum atomic E-state index is -0.481. The summed E-state index contributed by atoms with van der Waals surface area (Å²) in [5.41, 5.74) is 0.393. The number of rotatable bonds is 6. The van der Waals surface area contributed by atoms with E-state index in [9.17, 15) is 14.9 Å². The first-order valence-corrected chi connectivity index (χ1v) is 6.73. The number of nitrogens with zero attached hydrogens (tertiary/aromatic N) is 1. The average Bonchev–Trinajstić information content (AvgIpc) is 2.35. The molecule has 0 radical (unpaired) electrons. The maximum Gasteiger partial charge on any atom is 0.270 e. The Balaban J connectivity index is 2.81. The van der Waals surface area contributed by atoms with Crippen molar-refractivity contribution in [1.82, 2.24) is 0 Å². The van der Waals surface area contributed by atoms with E-state index in [4.69, 9.17) is 0 Å². The van der Waals surface area contributed by atoms with Crippen LogP contribution in [0.2, 0.25) is 0 Å². The van der Waals surface area contributed by atoms with Gasteiger partial charge in [-0.3, -0.25) is 14.9 Å². The number of halogens is 1. The highest BCUT2D eigenvalue weighted by Crippen LogP contribution is 2.20. The third-order valence-corrected chi connectivity index (χ3v) is 3.63. The van der Waals surface area contributed by atoms with E-state index in [1.807, 2.05) is 0 Å². The van der Waals surface area contributed by atoms with Crippen molar-refractivity contribution in [3.8, 4) is 0 Å². The van der Waals surface area contributed by atoms with Crippen LogP contribution >= 0.6 is 22.6 Å². The molecule has 0 heterocycles. The Labute approximate surface area is 114 Å². The first kappa shape index (κ1) is 14.1.